The van der Waals surface area contributed by atoms with Crippen molar-refractivity contribution in [1.82, 2.24) is 19.1 Å². The molecule has 0 atom stereocenters. The lowest BCUT2D eigenvalue weighted by Gasteiger charge is -2.20. The van der Waals surface area contributed by atoms with Crippen molar-refractivity contribution in [3.05, 3.63) is 36.4 Å². The monoisotopic (exact) mass is 365 g/mol. The molecular weight excluding hydrogens is 342 g/mol. The van der Waals surface area contributed by atoms with Gasteiger partial charge in [0.15, 0.2) is 0 Å². The normalized spacial score (nSPS) is 11.7. The van der Waals surface area contributed by atoms with Crippen molar-refractivity contribution in [1.29, 1.82) is 0 Å². The van der Waals surface area contributed by atoms with Crippen molar-refractivity contribution in [3.63, 3.8) is 0 Å². The van der Waals surface area contributed by atoms with E-state index < -0.39 is 10.0 Å². The lowest BCUT2D eigenvalue weighted by Crippen LogP contribution is -2.31. The quantitative estimate of drug-likeness (QED) is 0.767. The number of nitrogens with zero attached hydrogens (tertiary/aromatic N) is 4. The number of amides is 1. The van der Waals surface area contributed by atoms with E-state index in [0.29, 0.717) is 30.9 Å². The van der Waals surface area contributed by atoms with E-state index in [4.69, 9.17) is 0 Å². The number of aromatic nitrogens is 3. The van der Waals surface area contributed by atoms with Crippen molar-refractivity contribution in [2.75, 3.05) is 18.4 Å². The van der Waals surface area contributed by atoms with E-state index in [9.17, 15) is 13.2 Å². The smallest absolute Gasteiger partial charge is 0.243 e. The minimum Gasteiger partial charge on any atom is -0.326 e. The van der Waals surface area contributed by atoms with Gasteiger partial charge in [-0.1, -0.05) is 19.9 Å². The lowest BCUT2D eigenvalue weighted by molar-refractivity contribution is -0.116. The van der Waals surface area contributed by atoms with Crippen molar-refractivity contribution in [2.24, 2.45) is 0 Å². The van der Waals surface area contributed by atoms with E-state index >= 15 is 0 Å². The van der Waals surface area contributed by atoms with E-state index in [1.807, 2.05) is 0 Å². The molecule has 2 aromatic rings. The molecule has 0 bridgehead atoms. The minimum atomic E-state index is -3.58. The third-order valence-corrected chi connectivity index (χ3v) is 6.02. The van der Waals surface area contributed by atoms with Gasteiger partial charge in [0.25, 0.3) is 0 Å². The first kappa shape index (κ1) is 19.1. The average molecular weight is 365 g/mol. The van der Waals surface area contributed by atoms with Crippen molar-refractivity contribution < 1.29 is 13.2 Å². The molecule has 1 amide bonds. The summed E-state index contributed by atoms with van der Waals surface area (Å²) < 4.78 is 28.4. The molecule has 0 radical (unpaired) electrons. The van der Waals surface area contributed by atoms with Gasteiger partial charge in [0.05, 0.1) is 11.4 Å². The molecule has 136 valence electrons. The highest BCUT2D eigenvalue weighted by molar-refractivity contribution is 7.89. The van der Waals surface area contributed by atoms with Gasteiger partial charge in [0.2, 0.25) is 15.9 Å². The molecule has 0 saturated heterocycles. The molecule has 0 saturated carbocycles. The van der Waals surface area contributed by atoms with Gasteiger partial charge in [-0.15, -0.1) is 0 Å². The predicted octanol–water partition coefficient (Wildman–Crippen LogP) is 1.65. The van der Waals surface area contributed by atoms with Gasteiger partial charge in [0.1, 0.15) is 12.7 Å². The van der Waals surface area contributed by atoms with Crippen molar-refractivity contribution in [3.8, 4) is 0 Å². The van der Waals surface area contributed by atoms with Crippen molar-refractivity contribution in [2.45, 2.75) is 38.6 Å². The summed E-state index contributed by atoms with van der Waals surface area (Å²) in [4.78, 5) is 16.1. The van der Waals surface area contributed by atoms with Crippen LogP contribution in [0.3, 0.4) is 0 Å². The van der Waals surface area contributed by atoms with Crippen LogP contribution in [-0.4, -0.2) is 46.5 Å². The fourth-order valence-corrected chi connectivity index (χ4v) is 4.15. The second-order valence-electron chi connectivity index (χ2n) is 5.53. The van der Waals surface area contributed by atoms with E-state index in [-0.39, 0.29) is 17.2 Å². The zero-order valence-electron chi connectivity index (χ0n) is 14.6. The molecule has 1 N–H and O–H groups in total. The molecule has 0 fully saturated rings. The van der Waals surface area contributed by atoms with Crippen LogP contribution in [0, 0.1) is 6.92 Å². The Kier molecular flexibility index (Phi) is 6.27. The molecule has 25 heavy (non-hydrogen) atoms. The molecule has 0 spiro atoms. The fraction of sp³-hybridized carbons (Fsp3) is 0.438. The van der Waals surface area contributed by atoms with Gasteiger partial charge in [0, 0.05) is 25.2 Å². The molecule has 1 aromatic carbocycles. The molecule has 0 aliphatic rings. The molecule has 8 nitrogen and oxygen atoms in total. The Morgan fingerprint density at radius 3 is 2.60 bits per heavy atom. The number of nitrogens with one attached hydrogen (secondary N) is 1. The SMILES string of the molecule is CCN(CC)S(=O)(=O)c1cc(NC(=O)CCn2cncn2)ccc1C. The molecule has 2 rings (SSSR count). The highest BCUT2D eigenvalue weighted by Crippen LogP contribution is 2.23. The Balaban J connectivity index is 2.14. The summed E-state index contributed by atoms with van der Waals surface area (Å²) in [5.74, 6) is -0.217. The maximum absolute atomic E-state index is 12.7. The first-order valence-corrected chi connectivity index (χ1v) is 9.55. The van der Waals surface area contributed by atoms with Gasteiger partial charge in [-0.2, -0.15) is 9.40 Å². The summed E-state index contributed by atoms with van der Waals surface area (Å²) in [5.41, 5.74) is 1.10. The maximum Gasteiger partial charge on any atom is 0.243 e. The lowest BCUT2D eigenvalue weighted by atomic mass is 10.2. The van der Waals surface area contributed by atoms with Crippen LogP contribution in [0.2, 0.25) is 0 Å². The summed E-state index contributed by atoms with van der Waals surface area (Å²) in [6.45, 7) is 6.53. The molecule has 0 aliphatic carbocycles. The number of anilines is 1. The highest BCUT2D eigenvalue weighted by atomic mass is 32.2. The van der Waals surface area contributed by atoms with Gasteiger partial charge in [-0.05, 0) is 24.6 Å². The Morgan fingerprint density at radius 1 is 1.28 bits per heavy atom. The average Bonchev–Trinajstić information content (AvgIpc) is 3.09. The second kappa shape index (κ2) is 8.21. The Labute approximate surface area is 147 Å². The van der Waals surface area contributed by atoms with Gasteiger partial charge in [-0.3, -0.25) is 9.48 Å². The standard InChI is InChI=1S/C16H23N5O3S/c1-4-21(5-2)25(23,24)15-10-14(7-6-13(15)3)19-16(22)8-9-20-12-17-11-18-20/h6-7,10-12H,4-5,8-9H2,1-3H3,(H,19,22). The van der Waals surface area contributed by atoms with E-state index in [2.05, 4.69) is 15.4 Å². The Morgan fingerprint density at radius 2 is 2.00 bits per heavy atom. The summed E-state index contributed by atoms with van der Waals surface area (Å²) in [7, 11) is -3.58. The summed E-state index contributed by atoms with van der Waals surface area (Å²) >= 11 is 0. The highest BCUT2D eigenvalue weighted by Gasteiger charge is 2.24. The number of hydrogen-bond acceptors (Lipinski definition) is 5. The van der Waals surface area contributed by atoms with Crippen LogP contribution in [0.5, 0.6) is 0 Å². The molecule has 1 aromatic heterocycles. The van der Waals surface area contributed by atoms with Crippen LogP contribution in [0.4, 0.5) is 5.69 Å². The summed E-state index contributed by atoms with van der Waals surface area (Å²) in [5, 5.41) is 6.67. The Bertz CT molecular complexity index is 814. The molecule has 0 aliphatic heterocycles. The number of aryl methyl sites for hydroxylation is 2. The van der Waals surface area contributed by atoms with Gasteiger partial charge in [-0.25, -0.2) is 13.4 Å². The minimum absolute atomic E-state index is 0.213. The number of carbonyl (C=O) groups excluding carboxylic acids is 1. The van der Waals surface area contributed by atoms with Crippen LogP contribution < -0.4 is 5.32 Å². The van der Waals surface area contributed by atoms with Gasteiger partial charge < -0.3 is 5.32 Å². The number of benzene rings is 1. The first-order chi connectivity index (χ1) is 11.9. The number of rotatable bonds is 8. The van der Waals surface area contributed by atoms with E-state index in [1.165, 1.54) is 23.0 Å². The number of carbonyl (C=O) groups is 1. The first-order valence-electron chi connectivity index (χ1n) is 8.11. The molecule has 1 heterocycles. The van der Waals surface area contributed by atoms with Crippen LogP contribution in [0.25, 0.3) is 0 Å². The zero-order valence-corrected chi connectivity index (χ0v) is 15.5. The fourth-order valence-electron chi connectivity index (χ4n) is 2.45. The number of hydrogen-bond donors (Lipinski definition) is 1. The summed E-state index contributed by atoms with van der Waals surface area (Å²) in [6, 6.07) is 4.91. The third kappa shape index (κ3) is 4.64. The van der Waals surface area contributed by atoms with Crippen LogP contribution in [0.15, 0.2) is 35.7 Å². The van der Waals surface area contributed by atoms with E-state index in [0.717, 1.165) is 0 Å². The maximum atomic E-state index is 12.7. The Hall–Kier alpha value is -2.26. The second-order valence-corrected chi connectivity index (χ2v) is 7.43. The van der Waals surface area contributed by atoms with Crippen molar-refractivity contribution >= 4 is 21.6 Å². The summed E-state index contributed by atoms with van der Waals surface area (Å²) in [6.07, 6.45) is 3.16. The van der Waals surface area contributed by atoms with Gasteiger partial charge >= 0.3 is 0 Å². The van der Waals surface area contributed by atoms with Crippen LogP contribution in [-0.2, 0) is 21.4 Å². The topological polar surface area (TPSA) is 97.2 Å². The molecular formula is C16H23N5O3S. The molecule has 9 heteroatoms. The predicted molar refractivity (Wildman–Crippen MR) is 94.6 cm³/mol. The third-order valence-electron chi connectivity index (χ3n) is 3.83. The molecule has 0 unspecified atom stereocenters. The van der Waals surface area contributed by atoms with E-state index in [1.54, 1.807) is 37.6 Å². The zero-order chi connectivity index (χ0) is 18.4. The largest absolute Gasteiger partial charge is 0.326 e. The number of sulfonamides is 1. The van der Waals surface area contributed by atoms with Crippen LogP contribution in [0.1, 0.15) is 25.8 Å². The van der Waals surface area contributed by atoms with Crippen LogP contribution >= 0.6 is 0 Å².